The molecule has 2 aromatic heterocycles. The quantitative estimate of drug-likeness (QED) is 0.130. The fraction of sp³-hybridized carbons (Fsp3) is 0.0606. The second kappa shape index (κ2) is 11.2. The lowest BCUT2D eigenvalue weighted by molar-refractivity contribution is 0.396. The molecule has 6 aromatic rings. The molecule has 0 fully saturated rings. The van der Waals surface area contributed by atoms with Gasteiger partial charge in [0.05, 0.1) is 19.0 Å². The monoisotopic (exact) mass is 536 g/mol. The minimum Gasteiger partial charge on any atom is -0.495 e. The summed E-state index contributed by atoms with van der Waals surface area (Å²) >= 11 is 0. The molecule has 198 valence electrons. The highest BCUT2D eigenvalue weighted by atomic mass is 16.5. The van der Waals surface area contributed by atoms with Gasteiger partial charge < -0.3 is 4.74 Å². The van der Waals surface area contributed by atoms with Crippen LogP contribution in [0.5, 0.6) is 5.75 Å². The lowest BCUT2D eigenvalue weighted by Gasteiger charge is -2.34. The SMILES string of the molecule is COc1cncc(-c2ccc(N=C=O)cc2-c2nnn(C(c3ccccc3)(c3ccccc3)c3ccccc3)n2)c1. The van der Waals surface area contributed by atoms with Crippen molar-refractivity contribution in [2.24, 2.45) is 4.99 Å². The van der Waals surface area contributed by atoms with Crippen molar-refractivity contribution in [1.82, 2.24) is 25.2 Å². The van der Waals surface area contributed by atoms with Crippen LogP contribution in [0, 0.1) is 0 Å². The van der Waals surface area contributed by atoms with Crippen LogP contribution in [0.25, 0.3) is 22.5 Å². The third-order valence-electron chi connectivity index (χ3n) is 6.97. The van der Waals surface area contributed by atoms with E-state index in [-0.39, 0.29) is 0 Å². The summed E-state index contributed by atoms with van der Waals surface area (Å²) in [6.45, 7) is 0. The zero-order chi connectivity index (χ0) is 28.1. The third kappa shape index (κ3) is 4.69. The van der Waals surface area contributed by atoms with Crippen LogP contribution in [0.1, 0.15) is 16.7 Å². The van der Waals surface area contributed by atoms with E-state index in [4.69, 9.17) is 9.84 Å². The number of benzene rings is 4. The number of hydrogen-bond acceptors (Lipinski definition) is 7. The summed E-state index contributed by atoms with van der Waals surface area (Å²) in [4.78, 5) is 20.9. The van der Waals surface area contributed by atoms with Crippen molar-refractivity contribution in [2.75, 3.05) is 7.11 Å². The Morgan fingerprint density at radius 2 is 1.37 bits per heavy atom. The molecule has 0 saturated heterocycles. The fourth-order valence-electron chi connectivity index (χ4n) is 5.12. The molecule has 8 nitrogen and oxygen atoms in total. The van der Waals surface area contributed by atoms with Gasteiger partial charge in [-0.1, -0.05) is 97.1 Å². The number of tetrazole rings is 1. The Morgan fingerprint density at radius 3 is 1.93 bits per heavy atom. The average Bonchev–Trinajstić information content (AvgIpc) is 3.54. The van der Waals surface area contributed by atoms with Crippen LogP contribution in [-0.2, 0) is 10.3 Å². The topological polar surface area (TPSA) is 95.1 Å². The van der Waals surface area contributed by atoms with Crippen LogP contribution in [-0.4, -0.2) is 38.4 Å². The first kappa shape index (κ1) is 25.6. The molecule has 0 aliphatic carbocycles. The summed E-state index contributed by atoms with van der Waals surface area (Å²) in [5.41, 5.74) is 4.61. The third-order valence-corrected chi connectivity index (χ3v) is 6.97. The smallest absolute Gasteiger partial charge is 0.240 e. The zero-order valence-electron chi connectivity index (χ0n) is 22.1. The Morgan fingerprint density at radius 1 is 0.756 bits per heavy atom. The van der Waals surface area contributed by atoms with Crippen molar-refractivity contribution in [2.45, 2.75) is 5.54 Å². The number of pyridine rings is 1. The van der Waals surface area contributed by atoms with Crippen molar-refractivity contribution in [3.8, 4) is 28.3 Å². The van der Waals surface area contributed by atoms with Gasteiger partial charge in [-0.15, -0.1) is 15.0 Å². The van der Waals surface area contributed by atoms with E-state index < -0.39 is 5.54 Å². The summed E-state index contributed by atoms with van der Waals surface area (Å²) < 4.78 is 5.40. The largest absolute Gasteiger partial charge is 0.495 e. The van der Waals surface area contributed by atoms with E-state index in [1.54, 1.807) is 42.5 Å². The molecular formula is C33H24N6O2. The van der Waals surface area contributed by atoms with Crippen LogP contribution in [0.4, 0.5) is 5.69 Å². The van der Waals surface area contributed by atoms with E-state index in [0.717, 1.165) is 27.8 Å². The van der Waals surface area contributed by atoms with Crippen LogP contribution in [0.2, 0.25) is 0 Å². The predicted octanol–water partition coefficient (Wildman–Crippen LogP) is 6.22. The number of rotatable bonds is 8. The summed E-state index contributed by atoms with van der Waals surface area (Å²) in [7, 11) is 1.59. The summed E-state index contributed by atoms with van der Waals surface area (Å²) in [6, 6.07) is 37.6. The molecule has 0 aliphatic rings. The van der Waals surface area contributed by atoms with Gasteiger partial charge >= 0.3 is 0 Å². The first-order chi connectivity index (χ1) is 20.2. The first-order valence-electron chi connectivity index (χ1n) is 12.9. The molecule has 0 unspecified atom stereocenters. The van der Waals surface area contributed by atoms with Gasteiger partial charge in [-0.25, -0.2) is 4.79 Å². The minimum atomic E-state index is -0.925. The molecule has 0 atom stereocenters. The number of nitrogens with zero attached hydrogens (tertiary/aromatic N) is 6. The van der Waals surface area contributed by atoms with E-state index in [2.05, 4.69) is 56.7 Å². The number of methoxy groups -OCH3 is 1. The Kier molecular flexibility index (Phi) is 6.97. The fourth-order valence-corrected chi connectivity index (χ4v) is 5.12. The Balaban J connectivity index is 1.62. The van der Waals surface area contributed by atoms with E-state index in [1.165, 1.54) is 0 Å². The summed E-state index contributed by atoms with van der Waals surface area (Å²) in [6.07, 6.45) is 4.98. The van der Waals surface area contributed by atoms with Crippen molar-refractivity contribution in [3.05, 3.63) is 144 Å². The number of aromatic nitrogens is 5. The standard InChI is InChI=1S/C33H24N6O2/c1-41-29-19-24(21-34-22-29)30-18-17-28(35-23-40)20-31(30)32-36-38-39(37-32)33(25-11-5-2-6-12-25,26-13-7-3-8-14-26)27-15-9-4-10-16-27/h2-22H,1H3. The Labute approximate surface area is 236 Å². The number of aliphatic imine (C=N–C) groups is 1. The number of ether oxygens (including phenoxy) is 1. The van der Waals surface area contributed by atoms with Crippen molar-refractivity contribution < 1.29 is 9.53 Å². The van der Waals surface area contributed by atoms with E-state index in [1.807, 2.05) is 66.7 Å². The van der Waals surface area contributed by atoms with Crippen LogP contribution >= 0.6 is 0 Å². The van der Waals surface area contributed by atoms with Gasteiger partial charge in [0.1, 0.15) is 5.75 Å². The highest BCUT2D eigenvalue weighted by Crippen LogP contribution is 2.41. The number of isocyanates is 1. The van der Waals surface area contributed by atoms with Gasteiger partial charge in [0, 0.05) is 17.3 Å². The van der Waals surface area contributed by atoms with Gasteiger partial charge in [0.25, 0.3) is 0 Å². The predicted molar refractivity (Wildman–Crippen MR) is 155 cm³/mol. The van der Waals surface area contributed by atoms with Gasteiger partial charge in [0.2, 0.25) is 11.9 Å². The van der Waals surface area contributed by atoms with E-state index in [9.17, 15) is 4.79 Å². The van der Waals surface area contributed by atoms with Gasteiger partial charge in [-0.3, -0.25) is 4.98 Å². The van der Waals surface area contributed by atoms with Crippen molar-refractivity contribution >= 4 is 11.8 Å². The summed E-state index contributed by atoms with van der Waals surface area (Å²) in [5.74, 6) is 0.967. The van der Waals surface area contributed by atoms with Crippen LogP contribution in [0.15, 0.2) is 133 Å². The second-order valence-electron chi connectivity index (χ2n) is 9.26. The van der Waals surface area contributed by atoms with E-state index in [0.29, 0.717) is 22.8 Å². The molecule has 8 heteroatoms. The Hall–Kier alpha value is -5.72. The molecule has 6 rings (SSSR count). The molecule has 0 amide bonds. The molecular weight excluding hydrogens is 512 g/mol. The van der Waals surface area contributed by atoms with E-state index >= 15 is 0 Å². The average molecular weight is 537 g/mol. The van der Waals surface area contributed by atoms with Gasteiger partial charge in [0.15, 0.2) is 5.54 Å². The lowest BCUT2D eigenvalue weighted by Crippen LogP contribution is -2.39. The number of carbonyl (C=O) groups excluding carboxylic acids is 1. The van der Waals surface area contributed by atoms with Gasteiger partial charge in [-0.05, 0) is 45.7 Å². The Bertz CT molecular complexity index is 1740. The number of hydrogen-bond donors (Lipinski definition) is 0. The molecule has 2 heterocycles. The second-order valence-corrected chi connectivity index (χ2v) is 9.26. The van der Waals surface area contributed by atoms with Crippen LogP contribution < -0.4 is 4.74 Å². The normalized spacial score (nSPS) is 11.0. The highest BCUT2D eigenvalue weighted by Gasteiger charge is 2.41. The highest BCUT2D eigenvalue weighted by molar-refractivity contribution is 5.83. The maximum absolute atomic E-state index is 11.1. The van der Waals surface area contributed by atoms with Gasteiger partial charge in [-0.2, -0.15) is 4.99 Å². The molecule has 0 spiro atoms. The molecule has 41 heavy (non-hydrogen) atoms. The molecule has 0 saturated carbocycles. The molecule has 4 aromatic carbocycles. The molecule has 0 radical (unpaired) electrons. The van der Waals surface area contributed by atoms with Crippen molar-refractivity contribution in [3.63, 3.8) is 0 Å². The first-order valence-corrected chi connectivity index (χ1v) is 12.9. The summed E-state index contributed by atoms with van der Waals surface area (Å²) in [5, 5.41) is 14.2. The maximum Gasteiger partial charge on any atom is 0.240 e. The zero-order valence-corrected chi connectivity index (χ0v) is 22.1. The minimum absolute atomic E-state index is 0.359. The maximum atomic E-state index is 11.1. The molecule has 0 aliphatic heterocycles. The lowest BCUT2D eigenvalue weighted by atomic mass is 9.77. The van der Waals surface area contributed by atoms with Crippen LogP contribution in [0.3, 0.4) is 0 Å². The van der Waals surface area contributed by atoms with Crippen molar-refractivity contribution in [1.29, 1.82) is 0 Å². The molecule has 0 N–H and O–H groups in total. The molecule has 0 bridgehead atoms.